The number of anilines is 1. The van der Waals surface area contributed by atoms with Crippen molar-refractivity contribution >= 4 is 11.5 Å². The number of rotatable bonds is 3. The summed E-state index contributed by atoms with van der Waals surface area (Å²) in [7, 11) is 2.15. The second kappa shape index (κ2) is 6.22. The lowest BCUT2D eigenvalue weighted by atomic mass is 10.1. The van der Waals surface area contributed by atoms with E-state index in [0.717, 1.165) is 54.3 Å². The summed E-state index contributed by atoms with van der Waals surface area (Å²) in [6.45, 7) is 4.16. The zero-order valence-electron chi connectivity index (χ0n) is 13.8. The Morgan fingerprint density at radius 1 is 1.04 bits per heavy atom. The van der Waals surface area contributed by atoms with Gasteiger partial charge in [-0.2, -0.15) is 9.61 Å². The third kappa shape index (κ3) is 2.64. The molecular weight excluding hydrogens is 302 g/mol. The van der Waals surface area contributed by atoms with Crippen molar-refractivity contribution in [3.8, 4) is 11.1 Å². The van der Waals surface area contributed by atoms with Gasteiger partial charge in [-0.15, -0.1) is 0 Å². The van der Waals surface area contributed by atoms with E-state index in [-0.39, 0.29) is 6.61 Å². The maximum atomic E-state index is 9.19. The van der Waals surface area contributed by atoms with Gasteiger partial charge in [0.15, 0.2) is 5.65 Å². The van der Waals surface area contributed by atoms with Crippen LogP contribution in [0, 0.1) is 0 Å². The topological polar surface area (TPSA) is 56.9 Å². The minimum atomic E-state index is 0.0564. The summed E-state index contributed by atoms with van der Waals surface area (Å²) < 4.78 is 1.93. The number of likely N-dealkylation sites (N-methyl/N-ethyl adjacent to an activating group) is 1. The Bertz CT molecular complexity index is 834. The predicted octanol–water partition coefficient (Wildman–Crippen LogP) is 1.64. The Labute approximate surface area is 141 Å². The fourth-order valence-electron chi connectivity index (χ4n) is 3.15. The van der Waals surface area contributed by atoms with E-state index in [0.29, 0.717) is 0 Å². The Morgan fingerprint density at radius 2 is 1.79 bits per heavy atom. The van der Waals surface area contributed by atoms with Crippen molar-refractivity contribution < 1.29 is 5.11 Å². The number of nitrogens with zero attached hydrogens (tertiary/aromatic N) is 5. The molecule has 1 fully saturated rings. The minimum Gasteiger partial charge on any atom is -0.392 e. The lowest BCUT2D eigenvalue weighted by molar-refractivity contribution is 0.282. The highest BCUT2D eigenvalue weighted by Gasteiger charge is 2.18. The average molecular weight is 323 g/mol. The molecule has 1 aliphatic heterocycles. The third-order valence-corrected chi connectivity index (χ3v) is 4.66. The smallest absolute Gasteiger partial charge is 0.165 e. The van der Waals surface area contributed by atoms with Gasteiger partial charge in [0.25, 0.3) is 0 Å². The minimum absolute atomic E-state index is 0.0564. The molecular formula is C18H21N5O. The fourth-order valence-corrected chi connectivity index (χ4v) is 3.15. The molecule has 0 unspecified atom stereocenters. The van der Waals surface area contributed by atoms with Gasteiger partial charge in [0.1, 0.15) is 5.82 Å². The van der Waals surface area contributed by atoms with Gasteiger partial charge >= 0.3 is 0 Å². The van der Waals surface area contributed by atoms with E-state index in [9.17, 15) is 5.11 Å². The van der Waals surface area contributed by atoms with Crippen LogP contribution in [0.2, 0.25) is 0 Å². The van der Waals surface area contributed by atoms with Gasteiger partial charge in [0.05, 0.1) is 12.8 Å². The van der Waals surface area contributed by atoms with Crippen molar-refractivity contribution in [3.63, 3.8) is 0 Å². The van der Waals surface area contributed by atoms with E-state index in [1.54, 1.807) is 0 Å². The van der Waals surface area contributed by atoms with E-state index >= 15 is 0 Å². The van der Waals surface area contributed by atoms with Crippen LogP contribution in [0.1, 0.15) is 5.56 Å². The van der Waals surface area contributed by atoms with Gasteiger partial charge in [-0.3, -0.25) is 0 Å². The number of hydrogen-bond acceptors (Lipinski definition) is 5. The Balaban J connectivity index is 1.73. The molecule has 0 radical (unpaired) electrons. The van der Waals surface area contributed by atoms with Crippen LogP contribution in [-0.2, 0) is 6.61 Å². The lowest BCUT2D eigenvalue weighted by Gasteiger charge is -2.33. The molecule has 24 heavy (non-hydrogen) atoms. The lowest BCUT2D eigenvalue weighted by Crippen LogP contribution is -2.45. The molecule has 0 amide bonds. The molecule has 2 aromatic heterocycles. The molecule has 1 saturated heterocycles. The standard InChI is InChI=1S/C18H21N5O/c1-21-8-10-22(11-9-21)17-6-7-19-18-16(12-20-23(17)18)15-4-2-14(13-24)3-5-15/h2-7,12,24H,8-11,13H2,1H3. The molecule has 1 aliphatic rings. The quantitative estimate of drug-likeness (QED) is 0.794. The molecule has 0 bridgehead atoms. The highest BCUT2D eigenvalue weighted by atomic mass is 16.3. The number of benzene rings is 1. The predicted molar refractivity (Wildman–Crippen MR) is 94.1 cm³/mol. The van der Waals surface area contributed by atoms with Gasteiger partial charge in [-0.05, 0) is 24.2 Å². The number of hydrogen-bond donors (Lipinski definition) is 1. The summed E-state index contributed by atoms with van der Waals surface area (Å²) in [6.07, 6.45) is 3.73. The summed E-state index contributed by atoms with van der Waals surface area (Å²) in [6, 6.07) is 9.91. The number of aromatic nitrogens is 3. The van der Waals surface area contributed by atoms with Crippen LogP contribution in [0.4, 0.5) is 5.82 Å². The van der Waals surface area contributed by atoms with E-state index in [1.807, 2.05) is 47.2 Å². The molecule has 0 atom stereocenters. The highest BCUT2D eigenvalue weighted by Crippen LogP contribution is 2.26. The molecule has 4 rings (SSSR count). The van der Waals surface area contributed by atoms with Crippen LogP contribution in [-0.4, -0.2) is 57.8 Å². The molecule has 0 spiro atoms. The zero-order chi connectivity index (χ0) is 16.5. The fraction of sp³-hybridized carbons (Fsp3) is 0.333. The number of fused-ring (bicyclic) bond motifs is 1. The largest absolute Gasteiger partial charge is 0.392 e. The van der Waals surface area contributed by atoms with Crippen molar-refractivity contribution in [3.05, 3.63) is 48.3 Å². The monoisotopic (exact) mass is 323 g/mol. The van der Waals surface area contributed by atoms with Gasteiger partial charge in [0, 0.05) is 37.9 Å². The normalized spacial score (nSPS) is 16.0. The van der Waals surface area contributed by atoms with Crippen molar-refractivity contribution in [1.82, 2.24) is 19.5 Å². The maximum Gasteiger partial charge on any atom is 0.165 e. The van der Waals surface area contributed by atoms with Crippen LogP contribution in [0.5, 0.6) is 0 Å². The average Bonchev–Trinajstić information content (AvgIpc) is 3.07. The van der Waals surface area contributed by atoms with Gasteiger partial charge < -0.3 is 14.9 Å². The molecule has 1 N–H and O–H groups in total. The van der Waals surface area contributed by atoms with Gasteiger partial charge in [-0.25, -0.2) is 4.98 Å². The van der Waals surface area contributed by atoms with E-state index < -0.39 is 0 Å². The van der Waals surface area contributed by atoms with Crippen LogP contribution >= 0.6 is 0 Å². The Kier molecular flexibility index (Phi) is 3.92. The van der Waals surface area contributed by atoms with Crippen LogP contribution in [0.15, 0.2) is 42.7 Å². The number of aliphatic hydroxyl groups excluding tert-OH is 1. The van der Waals surface area contributed by atoms with Gasteiger partial charge in [-0.1, -0.05) is 24.3 Å². The van der Waals surface area contributed by atoms with E-state index in [2.05, 4.69) is 26.9 Å². The second-order valence-corrected chi connectivity index (χ2v) is 6.24. The molecule has 6 heteroatoms. The summed E-state index contributed by atoms with van der Waals surface area (Å²) in [5, 5.41) is 13.8. The van der Waals surface area contributed by atoms with Crippen LogP contribution < -0.4 is 4.90 Å². The Morgan fingerprint density at radius 3 is 2.50 bits per heavy atom. The zero-order valence-corrected chi connectivity index (χ0v) is 13.8. The summed E-state index contributed by atoms with van der Waals surface area (Å²) in [5.74, 6) is 1.09. The van der Waals surface area contributed by atoms with Crippen molar-refractivity contribution in [2.24, 2.45) is 0 Å². The molecule has 124 valence electrons. The maximum absolute atomic E-state index is 9.19. The summed E-state index contributed by atoms with van der Waals surface area (Å²) >= 11 is 0. The highest BCUT2D eigenvalue weighted by molar-refractivity contribution is 5.78. The summed E-state index contributed by atoms with van der Waals surface area (Å²) in [5.41, 5.74) is 3.84. The first-order valence-corrected chi connectivity index (χ1v) is 8.22. The third-order valence-electron chi connectivity index (χ3n) is 4.66. The Hall–Kier alpha value is -2.44. The van der Waals surface area contributed by atoms with Crippen LogP contribution in [0.25, 0.3) is 16.8 Å². The molecule has 3 heterocycles. The molecule has 6 nitrogen and oxygen atoms in total. The first-order chi connectivity index (χ1) is 11.8. The number of piperazine rings is 1. The molecule has 0 aliphatic carbocycles. The SMILES string of the molecule is CN1CCN(c2ccnc3c(-c4ccc(CO)cc4)cnn23)CC1. The number of aliphatic hydroxyl groups is 1. The van der Waals surface area contributed by atoms with Crippen molar-refractivity contribution in [1.29, 1.82) is 0 Å². The molecule has 1 aromatic carbocycles. The van der Waals surface area contributed by atoms with Crippen LogP contribution in [0.3, 0.4) is 0 Å². The molecule has 0 saturated carbocycles. The van der Waals surface area contributed by atoms with Gasteiger partial charge in [0.2, 0.25) is 0 Å². The van der Waals surface area contributed by atoms with E-state index in [4.69, 9.17) is 0 Å². The van der Waals surface area contributed by atoms with E-state index in [1.165, 1.54) is 0 Å². The van der Waals surface area contributed by atoms with Crippen molar-refractivity contribution in [2.45, 2.75) is 6.61 Å². The summed E-state index contributed by atoms with van der Waals surface area (Å²) in [4.78, 5) is 9.25. The first kappa shape index (κ1) is 15.1. The first-order valence-electron chi connectivity index (χ1n) is 8.22. The molecule has 3 aromatic rings. The van der Waals surface area contributed by atoms with Crippen molar-refractivity contribution in [2.75, 3.05) is 38.1 Å². The second-order valence-electron chi connectivity index (χ2n) is 6.24.